The van der Waals surface area contributed by atoms with E-state index in [0.29, 0.717) is 17.5 Å². The van der Waals surface area contributed by atoms with E-state index in [1.54, 1.807) is 0 Å². The molecule has 11 aromatic rings. The number of hydrogen-bond donors (Lipinski definition) is 0. The third kappa shape index (κ3) is 5.04. The number of para-hydroxylation sites is 1. The second-order valence-corrected chi connectivity index (χ2v) is 13.5. The maximum absolute atomic E-state index is 6.39. The van der Waals surface area contributed by atoms with E-state index < -0.39 is 0 Å². The van der Waals surface area contributed by atoms with Crippen molar-refractivity contribution in [2.75, 3.05) is 0 Å². The van der Waals surface area contributed by atoms with E-state index in [2.05, 4.69) is 108 Å². The minimum absolute atomic E-state index is 0.565. The van der Waals surface area contributed by atoms with Gasteiger partial charge in [0.25, 0.3) is 0 Å². The lowest BCUT2D eigenvalue weighted by molar-refractivity contribution is 0.669. The first kappa shape index (κ1) is 30.2. The maximum Gasteiger partial charge on any atom is 0.164 e. The summed E-state index contributed by atoms with van der Waals surface area (Å²) < 4.78 is 12.7. The van der Waals surface area contributed by atoms with Crippen LogP contribution in [0, 0.1) is 0 Å². The molecule has 0 atom stereocenters. The number of nitrogens with zero attached hydrogens (tertiary/aromatic N) is 4. The van der Waals surface area contributed by atoms with Crippen molar-refractivity contribution in [2.45, 2.75) is 0 Å². The highest BCUT2D eigenvalue weighted by molar-refractivity contribution is 6.15. The molecule has 4 aromatic heterocycles. The second-order valence-electron chi connectivity index (χ2n) is 13.5. The van der Waals surface area contributed by atoms with Gasteiger partial charge in [-0.2, -0.15) is 0 Å². The molecule has 7 aromatic carbocycles. The Labute approximate surface area is 309 Å². The molecule has 11 rings (SSSR count). The molecule has 0 fully saturated rings. The van der Waals surface area contributed by atoms with Crippen LogP contribution in [0.4, 0.5) is 0 Å². The van der Waals surface area contributed by atoms with E-state index >= 15 is 0 Å². The van der Waals surface area contributed by atoms with Crippen molar-refractivity contribution in [3.05, 3.63) is 170 Å². The molecule has 0 spiro atoms. The van der Waals surface area contributed by atoms with Gasteiger partial charge in [0.15, 0.2) is 17.5 Å². The second kappa shape index (κ2) is 12.1. The van der Waals surface area contributed by atoms with Gasteiger partial charge in [-0.05, 0) is 76.9 Å². The number of aromatic nitrogens is 4. The van der Waals surface area contributed by atoms with Crippen LogP contribution < -0.4 is 0 Å². The zero-order chi connectivity index (χ0) is 35.6. The average Bonchev–Trinajstić information content (AvgIpc) is 3.80. The summed E-state index contributed by atoms with van der Waals surface area (Å²) >= 11 is 0. The summed E-state index contributed by atoms with van der Waals surface area (Å²) in [5.41, 5.74) is 11.1. The van der Waals surface area contributed by atoms with Crippen LogP contribution in [0.15, 0.2) is 179 Å². The summed E-state index contributed by atoms with van der Waals surface area (Å²) in [5.74, 6) is 1.73. The van der Waals surface area contributed by atoms with E-state index in [4.69, 9.17) is 23.8 Å². The zero-order valence-electron chi connectivity index (χ0n) is 28.8. The highest BCUT2D eigenvalue weighted by Gasteiger charge is 2.18. The van der Waals surface area contributed by atoms with Gasteiger partial charge in [-0.15, -0.1) is 0 Å². The molecule has 6 heteroatoms. The number of furan rings is 2. The highest BCUT2D eigenvalue weighted by atomic mass is 16.3. The Morgan fingerprint density at radius 1 is 0.352 bits per heavy atom. The fourth-order valence-corrected chi connectivity index (χ4v) is 7.55. The van der Waals surface area contributed by atoms with Crippen molar-refractivity contribution < 1.29 is 8.83 Å². The monoisotopic (exact) mass is 692 g/mol. The Kier molecular flexibility index (Phi) is 6.75. The standard InChI is InChI=1S/C48H28N4O2/c1-2-10-29(11-3-1)30-12-6-14-33(24-30)46-50-47(52-48(51-46)35-21-22-38-37-17-4-5-19-41(37)53-43(38)27-35)34-15-7-13-31(25-34)36-18-8-20-42-45(36)39-28-40-32(16-9-23-49-40)26-44(39)54-42/h1-28H. The molecule has 0 unspecified atom stereocenters. The molecule has 4 heterocycles. The van der Waals surface area contributed by atoms with Gasteiger partial charge in [-0.3, -0.25) is 4.98 Å². The van der Waals surface area contributed by atoms with E-state index in [1.807, 2.05) is 66.9 Å². The van der Waals surface area contributed by atoms with Crippen LogP contribution in [0.3, 0.4) is 0 Å². The Bertz CT molecular complexity index is 3240. The van der Waals surface area contributed by atoms with E-state index in [9.17, 15) is 0 Å². The Hall–Kier alpha value is -7.44. The van der Waals surface area contributed by atoms with Crippen LogP contribution in [0.2, 0.25) is 0 Å². The number of rotatable bonds is 5. The minimum atomic E-state index is 0.565. The predicted octanol–water partition coefficient (Wildman–Crippen LogP) is 12.6. The van der Waals surface area contributed by atoms with Gasteiger partial charge in [0.2, 0.25) is 0 Å². The van der Waals surface area contributed by atoms with Crippen LogP contribution in [-0.4, -0.2) is 19.9 Å². The van der Waals surface area contributed by atoms with Gasteiger partial charge in [0.05, 0.1) is 5.52 Å². The van der Waals surface area contributed by atoms with Crippen LogP contribution in [0.5, 0.6) is 0 Å². The van der Waals surface area contributed by atoms with Crippen molar-refractivity contribution >= 4 is 54.8 Å². The van der Waals surface area contributed by atoms with E-state index in [1.165, 1.54) is 0 Å². The van der Waals surface area contributed by atoms with E-state index in [-0.39, 0.29) is 0 Å². The summed E-state index contributed by atoms with van der Waals surface area (Å²) in [5, 5.41) is 5.25. The largest absolute Gasteiger partial charge is 0.456 e. The third-order valence-corrected chi connectivity index (χ3v) is 10.2. The molecule has 0 saturated carbocycles. The summed E-state index contributed by atoms with van der Waals surface area (Å²) in [7, 11) is 0. The molecule has 0 aliphatic rings. The molecule has 0 aliphatic carbocycles. The number of fused-ring (bicyclic) bond motifs is 7. The van der Waals surface area contributed by atoms with Crippen molar-refractivity contribution in [2.24, 2.45) is 0 Å². The van der Waals surface area contributed by atoms with Gasteiger partial charge in [-0.1, -0.05) is 109 Å². The topological polar surface area (TPSA) is 77.8 Å². The molecule has 0 radical (unpaired) electrons. The van der Waals surface area contributed by atoms with Crippen molar-refractivity contribution in [1.29, 1.82) is 0 Å². The molecular formula is C48H28N4O2. The van der Waals surface area contributed by atoms with Crippen LogP contribution in [0.1, 0.15) is 0 Å². The molecular weight excluding hydrogens is 665 g/mol. The zero-order valence-corrected chi connectivity index (χ0v) is 28.8. The molecule has 0 bridgehead atoms. The smallest absolute Gasteiger partial charge is 0.164 e. The quantitative estimate of drug-likeness (QED) is 0.179. The summed E-state index contributed by atoms with van der Waals surface area (Å²) in [4.78, 5) is 20.0. The highest BCUT2D eigenvalue weighted by Crippen LogP contribution is 2.39. The molecule has 0 N–H and O–H groups in total. The molecule has 0 aliphatic heterocycles. The summed E-state index contributed by atoms with van der Waals surface area (Å²) in [6.07, 6.45) is 1.82. The van der Waals surface area contributed by atoms with Crippen LogP contribution >= 0.6 is 0 Å². The number of pyridine rings is 1. The van der Waals surface area contributed by atoms with Crippen LogP contribution in [-0.2, 0) is 0 Å². The van der Waals surface area contributed by atoms with Crippen molar-refractivity contribution in [3.8, 4) is 56.4 Å². The van der Waals surface area contributed by atoms with Gasteiger partial charge < -0.3 is 8.83 Å². The first-order valence-electron chi connectivity index (χ1n) is 17.9. The normalized spacial score (nSPS) is 11.7. The van der Waals surface area contributed by atoms with Gasteiger partial charge in [0, 0.05) is 49.8 Å². The van der Waals surface area contributed by atoms with E-state index in [0.717, 1.165) is 93.7 Å². The Morgan fingerprint density at radius 3 is 1.80 bits per heavy atom. The lowest BCUT2D eigenvalue weighted by Gasteiger charge is -2.11. The molecule has 0 saturated heterocycles. The first-order chi connectivity index (χ1) is 26.7. The minimum Gasteiger partial charge on any atom is -0.456 e. The van der Waals surface area contributed by atoms with Gasteiger partial charge >= 0.3 is 0 Å². The fourth-order valence-electron chi connectivity index (χ4n) is 7.55. The maximum atomic E-state index is 6.39. The predicted molar refractivity (Wildman–Crippen MR) is 217 cm³/mol. The summed E-state index contributed by atoms with van der Waals surface area (Å²) in [6, 6.07) is 55.8. The molecule has 252 valence electrons. The molecule has 54 heavy (non-hydrogen) atoms. The van der Waals surface area contributed by atoms with Gasteiger partial charge in [-0.25, -0.2) is 15.0 Å². The SMILES string of the molecule is c1ccc(-c2cccc(-c3nc(-c4cccc(-c5cccc6oc7cc8cccnc8cc7c56)c4)nc(-c4ccc5c(c4)oc4ccccc45)n3)c2)cc1. The third-order valence-electron chi connectivity index (χ3n) is 10.2. The fraction of sp³-hybridized carbons (Fsp3) is 0. The van der Waals surface area contributed by atoms with Crippen molar-refractivity contribution in [3.63, 3.8) is 0 Å². The molecule has 0 amide bonds. The Balaban J connectivity index is 1.09. The summed E-state index contributed by atoms with van der Waals surface area (Å²) in [6.45, 7) is 0. The van der Waals surface area contributed by atoms with Gasteiger partial charge in [0.1, 0.15) is 22.3 Å². The lowest BCUT2D eigenvalue weighted by atomic mass is 9.97. The first-order valence-corrected chi connectivity index (χ1v) is 17.9. The average molecular weight is 693 g/mol. The Morgan fingerprint density at radius 2 is 0.963 bits per heavy atom. The number of benzene rings is 7. The van der Waals surface area contributed by atoms with Crippen molar-refractivity contribution in [1.82, 2.24) is 19.9 Å². The van der Waals surface area contributed by atoms with Crippen LogP contribution in [0.25, 0.3) is 111 Å². The molecule has 6 nitrogen and oxygen atoms in total. The lowest BCUT2D eigenvalue weighted by Crippen LogP contribution is -2.00. The number of hydrogen-bond acceptors (Lipinski definition) is 6.